The van der Waals surface area contributed by atoms with Gasteiger partial charge in [0.1, 0.15) is 0 Å². The monoisotopic (exact) mass is 368 g/mol. The molecule has 0 radical (unpaired) electrons. The number of aromatic nitrogens is 1. The van der Waals surface area contributed by atoms with Gasteiger partial charge in [-0.2, -0.15) is 0 Å². The number of anilines is 2. The molecule has 142 valence electrons. The fourth-order valence-corrected chi connectivity index (χ4v) is 3.06. The van der Waals surface area contributed by atoms with Crippen molar-refractivity contribution in [3.63, 3.8) is 0 Å². The zero-order valence-corrected chi connectivity index (χ0v) is 15.6. The molecule has 2 N–H and O–H groups in total. The number of amides is 2. The molecule has 1 aliphatic heterocycles. The van der Waals surface area contributed by atoms with Crippen molar-refractivity contribution in [3.8, 4) is 0 Å². The van der Waals surface area contributed by atoms with Gasteiger partial charge in [0.15, 0.2) is 0 Å². The van der Waals surface area contributed by atoms with Crippen molar-refractivity contribution >= 4 is 23.2 Å². The van der Waals surface area contributed by atoms with E-state index in [9.17, 15) is 9.59 Å². The Balaban J connectivity index is 1.71. The number of aryl methyl sites for hydroxylation is 1. The van der Waals surface area contributed by atoms with E-state index in [1.807, 2.05) is 19.1 Å². The van der Waals surface area contributed by atoms with Crippen molar-refractivity contribution in [2.45, 2.75) is 13.3 Å². The van der Waals surface area contributed by atoms with Gasteiger partial charge in [-0.3, -0.25) is 14.6 Å². The van der Waals surface area contributed by atoms with E-state index in [-0.39, 0.29) is 18.2 Å². The number of hydrogen-bond acceptors (Lipinski definition) is 5. The van der Waals surface area contributed by atoms with Gasteiger partial charge >= 0.3 is 0 Å². The van der Waals surface area contributed by atoms with E-state index in [1.54, 1.807) is 41.2 Å². The number of carbonyl (C=O) groups excluding carboxylic acids is 2. The van der Waals surface area contributed by atoms with Crippen LogP contribution in [0.15, 0.2) is 36.5 Å². The second-order valence-electron chi connectivity index (χ2n) is 6.62. The molecular weight excluding hydrogens is 344 g/mol. The number of nitrogens with zero attached hydrogens (tertiary/aromatic N) is 3. The van der Waals surface area contributed by atoms with Crippen LogP contribution in [0.25, 0.3) is 0 Å². The summed E-state index contributed by atoms with van der Waals surface area (Å²) < 4.78 is 5.29. The molecule has 27 heavy (non-hydrogen) atoms. The largest absolute Gasteiger partial charge is 0.397 e. The van der Waals surface area contributed by atoms with Crippen LogP contribution in [-0.4, -0.2) is 55.0 Å². The number of nitrogen functional groups attached to an aromatic ring is 1. The fraction of sp³-hybridized carbons (Fsp3) is 0.350. The molecule has 1 saturated heterocycles. The molecule has 1 aromatic carbocycles. The normalized spacial score (nSPS) is 14.1. The van der Waals surface area contributed by atoms with E-state index in [4.69, 9.17) is 10.5 Å². The third-order valence-corrected chi connectivity index (χ3v) is 4.66. The lowest BCUT2D eigenvalue weighted by Crippen LogP contribution is -2.40. The molecule has 1 fully saturated rings. The Bertz CT molecular complexity index is 830. The van der Waals surface area contributed by atoms with Gasteiger partial charge in [-0.1, -0.05) is 0 Å². The third-order valence-electron chi connectivity index (χ3n) is 4.66. The summed E-state index contributed by atoms with van der Waals surface area (Å²) in [5.74, 6) is -0.0874. The average Bonchev–Trinajstić information content (AvgIpc) is 2.69. The molecule has 7 nitrogen and oxygen atoms in total. The zero-order valence-electron chi connectivity index (χ0n) is 15.6. The second kappa shape index (κ2) is 8.18. The lowest BCUT2D eigenvalue weighted by atomic mass is 10.1. The van der Waals surface area contributed by atoms with Crippen LogP contribution >= 0.6 is 0 Å². The minimum atomic E-state index is -0.0809. The summed E-state index contributed by atoms with van der Waals surface area (Å²) in [5, 5.41) is 0. The molecule has 2 amide bonds. The number of benzene rings is 1. The van der Waals surface area contributed by atoms with Gasteiger partial charge in [0.25, 0.3) is 5.91 Å². The van der Waals surface area contributed by atoms with E-state index < -0.39 is 0 Å². The summed E-state index contributed by atoms with van der Waals surface area (Å²) in [6.45, 7) is 4.24. The molecule has 2 aromatic rings. The van der Waals surface area contributed by atoms with Crippen LogP contribution < -0.4 is 10.6 Å². The van der Waals surface area contributed by atoms with Crippen molar-refractivity contribution < 1.29 is 14.3 Å². The van der Waals surface area contributed by atoms with Gasteiger partial charge in [0.05, 0.1) is 31.5 Å². The zero-order chi connectivity index (χ0) is 19.4. The Morgan fingerprint density at radius 2 is 1.96 bits per heavy atom. The highest BCUT2D eigenvalue weighted by Gasteiger charge is 2.20. The quantitative estimate of drug-likeness (QED) is 0.886. The number of ether oxygens (including phenoxy) is 1. The number of likely N-dealkylation sites (N-methyl/N-ethyl adjacent to an activating group) is 1. The summed E-state index contributed by atoms with van der Waals surface area (Å²) in [6, 6.07) is 8.89. The summed E-state index contributed by atoms with van der Waals surface area (Å²) in [6.07, 6.45) is 1.73. The van der Waals surface area contributed by atoms with Crippen molar-refractivity contribution in [2.75, 3.05) is 44.0 Å². The smallest absolute Gasteiger partial charge is 0.254 e. The predicted octanol–water partition coefficient (Wildman–Crippen LogP) is 1.65. The molecule has 0 atom stereocenters. The fourth-order valence-electron chi connectivity index (χ4n) is 3.06. The lowest BCUT2D eigenvalue weighted by Gasteiger charge is -2.27. The third kappa shape index (κ3) is 4.43. The Kier molecular flexibility index (Phi) is 5.71. The molecule has 7 heteroatoms. The SMILES string of the molecule is Cc1cc(C(=O)N2CCOCC2)ccc1N(C)C(=O)Cc1ccc(N)cn1. The van der Waals surface area contributed by atoms with Crippen molar-refractivity contribution in [2.24, 2.45) is 0 Å². The van der Waals surface area contributed by atoms with E-state index in [0.717, 1.165) is 11.3 Å². The Morgan fingerprint density at radius 3 is 2.59 bits per heavy atom. The molecule has 2 heterocycles. The van der Waals surface area contributed by atoms with Crippen LogP contribution in [0, 0.1) is 6.92 Å². The van der Waals surface area contributed by atoms with Gasteiger partial charge in [-0.25, -0.2) is 0 Å². The highest BCUT2D eigenvalue weighted by Crippen LogP contribution is 2.22. The average molecular weight is 368 g/mol. The maximum atomic E-state index is 12.6. The Morgan fingerprint density at radius 1 is 1.22 bits per heavy atom. The van der Waals surface area contributed by atoms with Gasteiger partial charge in [0.2, 0.25) is 5.91 Å². The van der Waals surface area contributed by atoms with Crippen molar-refractivity contribution in [3.05, 3.63) is 53.3 Å². The maximum Gasteiger partial charge on any atom is 0.254 e. The van der Waals surface area contributed by atoms with Crippen molar-refractivity contribution in [1.29, 1.82) is 0 Å². The first-order chi connectivity index (χ1) is 13.0. The van der Waals surface area contributed by atoms with E-state index in [2.05, 4.69) is 4.98 Å². The van der Waals surface area contributed by atoms with Crippen LogP contribution in [0.4, 0.5) is 11.4 Å². The van der Waals surface area contributed by atoms with E-state index in [0.29, 0.717) is 43.2 Å². The van der Waals surface area contributed by atoms with E-state index in [1.165, 1.54) is 0 Å². The Labute approximate surface area is 158 Å². The van der Waals surface area contributed by atoms with Crippen LogP contribution in [0.2, 0.25) is 0 Å². The minimum Gasteiger partial charge on any atom is -0.397 e. The molecule has 1 aromatic heterocycles. The Hall–Kier alpha value is -2.93. The lowest BCUT2D eigenvalue weighted by molar-refractivity contribution is -0.117. The van der Waals surface area contributed by atoms with Crippen LogP contribution in [-0.2, 0) is 16.0 Å². The summed E-state index contributed by atoms with van der Waals surface area (Å²) in [4.78, 5) is 32.7. The second-order valence-corrected chi connectivity index (χ2v) is 6.62. The molecule has 0 aliphatic carbocycles. The number of hydrogen-bond donors (Lipinski definition) is 1. The highest BCUT2D eigenvalue weighted by atomic mass is 16.5. The molecule has 0 bridgehead atoms. The summed E-state index contributed by atoms with van der Waals surface area (Å²) in [5.41, 5.74) is 9.12. The standard InChI is InChI=1S/C20H24N4O3/c1-14-11-15(20(26)24-7-9-27-10-8-24)3-6-18(14)23(2)19(25)12-17-5-4-16(21)13-22-17/h3-6,11,13H,7-10,12,21H2,1-2H3. The predicted molar refractivity (Wildman–Crippen MR) is 104 cm³/mol. The summed E-state index contributed by atoms with van der Waals surface area (Å²) >= 11 is 0. The number of carbonyl (C=O) groups is 2. The first-order valence-electron chi connectivity index (χ1n) is 8.90. The number of pyridine rings is 1. The van der Waals surface area contributed by atoms with Gasteiger partial charge in [0, 0.05) is 37.1 Å². The van der Waals surface area contributed by atoms with Crippen molar-refractivity contribution in [1.82, 2.24) is 9.88 Å². The van der Waals surface area contributed by atoms with Crippen LogP contribution in [0.3, 0.4) is 0 Å². The molecule has 1 aliphatic rings. The first kappa shape index (κ1) is 18.8. The van der Waals surface area contributed by atoms with Crippen LogP contribution in [0.5, 0.6) is 0 Å². The summed E-state index contributed by atoms with van der Waals surface area (Å²) in [7, 11) is 1.73. The highest BCUT2D eigenvalue weighted by molar-refractivity contribution is 5.97. The molecule has 0 spiro atoms. The molecule has 0 saturated carbocycles. The van der Waals surface area contributed by atoms with Gasteiger partial charge in [-0.15, -0.1) is 0 Å². The van der Waals surface area contributed by atoms with Gasteiger partial charge < -0.3 is 20.3 Å². The van der Waals surface area contributed by atoms with Crippen LogP contribution in [0.1, 0.15) is 21.6 Å². The van der Waals surface area contributed by atoms with Gasteiger partial charge in [-0.05, 0) is 42.8 Å². The number of rotatable bonds is 4. The molecule has 0 unspecified atom stereocenters. The topological polar surface area (TPSA) is 88.8 Å². The number of morpholine rings is 1. The minimum absolute atomic E-state index is 0.00648. The maximum absolute atomic E-state index is 12.6. The van der Waals surface area contributed by atoms with E-state index >= 15 is 0 Å². The first-order valence-corrected chi connectivity index (χ1v) is 8.90. The number of nitrogens with two attached hydrogens (primary N) is 1. The molecule has 3 rings (SSSR count). The molecular formula is C20H24N4O3.